The number of nitrogens with one attached hydrogen (secondary N) is 1. The second-order valence-corrected chi connectivity index (χ2v) is 18.4. The van der Waals surface area contributed by atoms with Gasteiger partial charge in [0, 0.05) is 59.7 Å². The van der Waals surface area contributed by atoms with Gasteiger partial charge in [0.25, 0.3) is 20.2 Å². The van der Waals surface area contributed by atoms with E-state index in [2.05, 4.69) is 110 Å². The van der Waals surface area contributed by atoms with Gasteiger partial charge in [0.15, 0.2) is 5.71 Å². The van der Waals surface area contributed by atoms with Crippen molar-refractivity contribution in [2.24, 2.45) is 0 Å². The second-order valence-electron chi connectivity index (χ2n) is 15.2. The molecule has 0 atom stereocenters. The zero-order valence-corrected chi connectivity index (χ0v) is 33.0. The van der Waals surface area contributed by atoms with Gasteiger partial charge in [0.05, 0.1) is 16.9 Å². The van der Waals surface area contributed by atoms with Gasteiger partial charge in [0.2, 0.25) is 5.69 Å². The largest absolute Gasteiger partial charge is 0.385 e. The third-order valence-corrected chi connectivity index (χ3v) is 12.3. The fourth-order valence-electron chi connectivity index (χ4n) is 7.91. The van der Waals surface area contributed by atoms with E-state index in [1.165, 1.54) is 28.0 Å². The van der Waals surface area contributed by atoms with Crippen LogP contribution in [0.25, 0.3) is 0 Å². The first-order valence-corrected chi connectivity index (χ1v) is 21.8. The number of para-hydroxylation sites is 2. The van der Waals surface area contributed by atoms with Gasteiger partial charge in [-0.25, -0.2) is 0 Å². The highest BCUT2D eigenvalue weighted by molar-refractivity contribution is 7.86. The molecule has 0 fully saturated rings. The van der Waals surface area contributed by atoms with Crippen LogP contribution in [0.15, 0.2) is 95.4 Å². The van der Waals surface area contributed by atoms with Gasteiger partial charge < -0.3 is 10.2 Å². The zero-order chi connectivity index (χ0) is 37.7. The molecule has 11 heteroatoms. The predicted octanol–water partition coefficient (Wildman–Crippen LogP) is 8.00. The van der Waals surface area contributed by atoms with Crippen molar-refractivity contribution in [1.29, 1.82) is 0 Å². The molecule has 0 spiro atoms. The second kappa shape index (κ2) is 16.2. The van der Waals surface area contributed by atoms with Crippen molar-refractivity contribution in [3.05, 3.63) is 107 Å². The maximum atomic E-state index is 11.4. The van der Waals surface area contributed by atoms with Crippen molar-refractivity contribution in [3.63, 3.8) is 0 Å². The van der Waals surface area contributed by atoms with Crippen LogP contribution in [-0.4, -0.2) is 67.4 Å². The van der Waals surface area contributed by atoms with Gasteiger partial charge in [-0.15, -0.1) is 0 Å². The molecule has 5 rings (SSSR count). The molecule has 2 aromatic carbocycles. The molecule has 52 heavy (non-hydrogen) atoms. The Bertz CT molecular complexity index is 2020. The summed E-state index contributed by atoms with van der Waals surface area (Å²) in [4.78, 5) is 2.31. The van der Waals surface area contributed by atoms with Crippen LogP contribution in [-0.2, 0) is 31.1 Å². The number of unbranched alkanes of at least 4 members (excludes halogenated alkanes) is 3. The number of rotatable bonds is 17. The van der Waals surface area contributed by atoms with Crippen molar-refractivity contribution in [1.82, 2.24) is 5.32 Å². The molecule has 1 aliphatic carbocycles. The molecule has 2 aliphatic heterocycles. The number of fused-ring (bicyclic) bond motifs is 2. The quantitative estimate of drug-likeness (QED) is 0.0844. The van der Waals surface area contributed by atoms with Crippen molar-refractivity contribution >= 4 is 37.3 Å². The standard InChI is InChI=1S/C41H55N3O6S2/c1-6-7-26-42-39-31(22-24-37-40(2,3)33-16-8-10-18-35(33)43(37)27-12-14-29-51(45,46)47)20-21-32(39)23-25-38-41(4,5)34-17-9-11-19-36(34)44(38)28-13-15-30-52(48,49)50/h8-11,16-19,22-25H,6-7,12-15,20-21,26-30H2,1-5H3,(H2,45,46,47,48,49,50)/p+1/b31-22+,37-24+. The van der Waals surface area contributed by atoms with Crippen LogP contribution in [0.3, 0.4) is 0 Å². The topological polar surface area (TPSA) is 127 Å². The Morgan fingerprint density at radius 2 is 1.44 bits per heavy atom. The Kier molecular flexibility index (Phi) is 12.4. The minimum atomic E-state index is -4.00. The van der Waals surface area contributed by atoms with E-state index >= 15 is 0 Å². The van der Waals surface area contributed by atoms with E-state index in [1.807, 2.05) is 12.1 Å². The van der Waals surface area contributed by atoms with Crippen molar-refractivity contribution in [3.8, 4) is 0 Å². The highest BCUT2D eigenvalue weighted by atomic mass is 32.2. The molecular formula is C41H56N3O6S2+. The molecule has 3 N–H and O–H groups in total. The highest BCUT2D eigenvalue weighted by Gasteiger charge is 2.44. The summed E-state index contributed by atoms with van der Waals surface area (Å²) < 4.78 is 66.4. The number of benzene rings is 2. The minimum absolute atomic E-state index is 0.239. The van der Waals surface area contributed by atoms with Crippen LogP contribution in [0.1, 0.15) is 97.1 Å². The van der Waals surface area contributed by atoms with Crippen molar-refractivity contribution < 1.29 is 30.5 Å². The SMILES string of the molecule is CCCCNC1=C(/C=C/C2=[N+](CCCCS(=O)(=O)O)c3ccccc3C2(C)C)CC/C1=C\C=C1\N(CCCCS(=O)(=O)O)c2ccccc2C1(C)C. The normalized spacial score (nSPS) is 19.8. The van der Waals surface area contributed by atoms with E-state index in [0.717, 1.165) is 55.0 Å². The van der Waals surface area contributed by atoms with Gasteiger partial charge in [-0.1, -0.05) is 75.7 Å². The van der Waals surface area contributed by atoms with Crippen LogP contribution < -0.4 is 10.2 Å². The molecule has 3 aliphatic rings. The molecule has 0 bridgehead atoms. The lowest BCUT2D eigenvalue weighted by atomic mass is 9.81. The molecule has 0 aromatic heterocycles. The molecule has 2 heterocycles. The van der Waals surface area contributed by atoms with Crippen LogP contribution in [0.5, 0.6) is 0 Å². The summed E-state index contributed by atoms with van der Waals surface area (Å²) >= 11 is 0. The Morgan fingerprint density at radius 1 is 0.788 bits per heavy atom. The van der Waals surface area contributed by atoms with Gasteiger partial charge in [-0.05, 0) is 81.2 Å². The van der Waals surface area contributed by atoms with Gasteiger partial charge in [0.1, 0.15) is 6.54 Å². The molecule has 0 unspecified atom stereocenters. The van der Waals surface area contributed by atoms with Crippen LogP contribution in [0, 0.1) is 0 Å². The van der Waals surface area contributed by atoms with Crippen LogP contribution in [0.2, 0.25) is 0 Å². The third kappa shape index (κ3) is 9.16. The summed E-state index contributed by atoms with van der Waals surface area (Å²) in [6.07, 6.45) is 15.0. The molecular weight excluding hydrogens is 695 g/mol. The predicted molar refractivity (Wildman–Crippen MR) is 212 cm³/mol. The highest BCUT2D eigenvalue weighted by Crippen LogP contribution is 2.48. The van der Waals surface area contributed by atoms with Gasteiger partial charge in [-0.2, -0.15) is 21.4 Å². The van der Waals surface area contributed by atoms with E-state index in [0.29, 0.717) is 38.8 Å². The summed E-state index contributed by atoms with van der Waals surface area (Å²) in [5.41, 5.74) is 10.2. The number of nitrogens with zero attached hydrogens (tertiary/aromatic N) is 2. The lowest BCUT2D eigenvalue weighted by Crippen LogP contribution is -2.28. The Labute approximate surface area is 311 Å². The Balaban J connectivity index is 1.48. The molecule has 0 saturated carbocycles. The summed E-state index contributed by atoms with van der Waals surface area (Å²) in [5.74, 6) is -0.478. The molecule has 0 saturated heterocycles. The first-order chi connectivity index (χ1) is 24.5. The summed E-state index contributed by atoms with van der Waals surface area (Å²) in [6.45, 7) is 13.3. The number of allylic oxidation sites excluding steroid dienone is 7. The molecule has 0 radical (unpaired) electrons. The summed E-state index contributed by atoms with van der Waals surface area (Å²) in [5, 5.41) is 3.78. The van der Waals surface area contributed by atoms with Gasteiger partial charge >= 0.3 is 0 Å². The van der Waals surface area contributed by atoms with Crippen LogP contribution >= 0.6 is 0 Å². The molecule has 9 nitrogen and oxygen atoms in total. The number of hydrogen-bond acceptors (Lipinski definition) is 6. The fraction of sp³-hybridized carbons (Fsp3) is 0.488. The Morgan fingerprint density at radius 3 is 2.13 bits per heavy atom. The molecule has 2 aromatic rings. The zero-order valence-electron chi connectivity index (χ0n) is 31.4. The summed E-state index contributed by atoms with van der Waals surface area (Å²) in [7, 11) is -7.99. The number of hydrogen-bond donors (Lipinski definition) is 3. The third-order valence-electron chi connectivity index (χ3n) is 10.7. The molecule has 0 amide bonds. The monoisotopic (exact) mass is 750 g/mol. The average molecular weight is 751 g/mol. The minimum Gasteiger partial charge on any atom is -0.385 e. The lowest BCUT2D eigenvalue weighted by Gasteiger charge is -2.27. The van der Waals surface area contributed by atoms with Gasteiger partial charge in [-0.3, -0.25) is 9.11 Å². The first kappa shape index (κ1) is 39.7. The van der Waals surface area contributed by atoms with E-state index in [4.69, 9.17) is 0 Å². The van der Waals surface area contributed by atoms with E-state index in [9.17, 15) is 25.9 Å². The maximum absolute atomic E-state index is 11.4. The lowest BCUT2D eigenvalue weighted by molar-refractivity contribution is -0.438. The smallest absolute Gasteiger partial charge is 0.264 e. The maximum Gasteiger partial charge on any atom is 0.264 e. The van der Waals surface area contributed by atoms with E-state index < -0.39 is 20.2 Å². The van der Waals surface area contributed by atoms with E-state index in [-0.39, 0.29) is 22.3 Å². The van der Waals surface area contributed by atoms with Crippen molar-refractivity contribution in [2.45, 2.75) is 96.8 Å². The fourth-order valence-corrected chi connectivity index (χ4v) is 9.05. The summed E-state index contributed by atoms with van der Waals surface area (Å²) in [6, 6.07) is 16.8. The first-order valence-electron chi connectivity index (χ1n) is 18.6. The van der Waals surface area contributed by atoms with E-state index in [1.54, 1.807) is 0 Å². The van der Waals surface area contributed by atoms with Crippen molar-refractivity contribution in [2.75, 3.05) is 36.0 Å². The Hall–Kier alpha value is -3.51. The molecule has 282 valence electrons. The number of anilines is 1. The van der Waals surface area contributed by atoms with Crippen LogP contribution in [0.4, 0.5) is 11.4 Å². The average Bonchev–Trinajstić information content (AvgIpc) is 3.63.